The summed E-state index contributed by atoms with van der Waals surface area (Å²) in [6.45, 7) is 14.0. The number of hydrogen-bond donors (Lipinski definition) is 0. The van der Waals surface area contributed by atoms with Gasteiger partial charge < -0.3 is 9.33 Å². The summed E-state index contributed by atoms with van der Waals surface area (Å²) in [6.07, 6.45) is -0.109. The summed E-state index contributed by atoms with van der Waals surface area (Å²) in [5, 5.41) is 0.466. The highest BCUT2D eigenvalue weighted by Crippen LogP contribution is 2.37. The fraction of sp³-hybridized carbons (Fsp3) is 0.455. The predicted octanol–water partition coefficient (Wildman–Crippen LogP) is 6.44. The van der Waals surface area contributed by atoms with Gasteiger partial charge in [-0.15, -0.1) is 0 Å². The molecule has 0 aliphatic rings. The average molecular weight is 453 g/mol. The molecule has 0 spiro atoms. The van der Waals surface area contributed by atoms with E-state index in [-0.39, 0.29) is 27.4 Å². The fourth-order valence-corrected chi connectivity index (χ4v) is 4.65. The molecule has 2 aromatic rings. The Morgan fingerprint density at radius 3 is 2.31 bits per heavy atom. The molecule has 7 heteroatoms. The van der Waals surface area contributed by atoms with Gasteiger partial charge in [-0.05, 0) is 42.8 Å². The van der Waals surface area contributed by atoms with Crippen LogP contribution < -0.4 is 0 Å². The van der Waals surface area contributed by atoms with Crippen LogP contribution in [0.15, 0.2) is 42.5 Å². The van der Waals surface area contributed by atoms with Gasteiger partial charge in [-0.3, -0.25) is 4.79 Å². The van der Waals surface area contributed by atoms with E-state index in [0.29, 0.717) is 18.7 Å². The van der Waals surface area contributed by atoms with Crippen LogP contribution in [0.25, 0.3) is 0 Å². The number of benzene rings is 1. The van der Waals surface area contributed by atoms with E-state index in [0.717, 1.165) is 5.56 Å². The quantitative estimate of drug-likeness (QED) is 0.358. The molecule has 0 unspecified atom stereocenters. The van der Waals surface area contributed by atoms with Crippen LogP contribution in [0.4, 0.5) is 0 Å². The zero-order valence-electron chi connectivity index (χ0n) is 18.0. The van der Waals surface area contributed by atoms with E-state index in [1.54, 1.807) is 17.0 Å². The van der Waals surface area contributed by atoms with E-state index in [9.17, 15) is 4.79 Å². The Kier molecular flexibility index (Phi) is 7.91. The second kappa shape index (κ2) is 9.60. The number of carbonyl (C=O) groups is 1. The molecule has 29 heavy (non-hydrogen) atoms. The van der Waals surface area contributed by atoms with Crippen LogP contribution in [-0.4, -0.2) is 36.8 Å². The van der Waals surface area contributed by atoms with Gasteiger partial charge in [-0.1, -0.05) is 74.3 Å². The average Bonchev–Trinajstić information content (AvgIpc) is 2.60. The lowest BCUT2D eigenvalue weighted by molar-refractivity contribution is 0.0643. The standard InChI is InChI=1S/C22H30Cl2N2O2Si/c1-16(28-29(5,6)22(2,3)4)14-26(15-17-10-8-7-9-11-17)21(27)18-12-13-19(23)25-20(18)24/h7-13,16H,14-15H2,1-6H3/t16-/m0/s1. The van der Waals surface area contributed by atoms with Gasteiger partial charge >= 0.3 is 0 Å². The maximum Gasteiger partial charge on any atom is 0.257 e. The summed E-state index contributed by atoms with van der Waals surface area (Å²) in [6, 6.07) is 13.1. The maximum absolute atomic E-state index is 13.3. The number of pyridine rings is 1. The van der Waals surface area contributed by atoms with Crippen molar-refractivity contribution in [2.75, 3.05) is 6.54 Å². The Morgan fingerprint density at radius 1 is 1.14 bits per heavy atom. The third kappa shape index (κ3) is 6.54. The second-order valence-electron chi connectivity index (χ2n) is 8.83. The first-order valence-electron chi connectivity index (χ1n) is 9.74. The second-order valence-corrected chi connectivity index (χ2v) is 14.3. The van der Waals surface area contributed by atoms with Gasteiger partial charge in [0.1, 0.15) is 10.3 Å². The van der Waals surface area contributed by atoms with Crippen molar-refractivity contribution in [3.63, 3.8) is 0 Å². The van der Waals surface area contributed by atoms with Crippen molar-refractivity contribution in [3.05, 3.63) is 63.9 Å². The van der Waals surface area contributed by atoms with E-state index in [4.69, 9.17) is 27.6 Å². The van der Waals surface area contributed by atoms with Crippen LogP contribution in [0.5, 0.6) is 0 Å². The fourth-order valence-electron chi connectivity index (χ4n) is 2.79. The molecule has 0 bridgehead atoms. The molecule has 1 amide bonds. The molecular formula is C22H30Cl2N2O2Si. The van der Waals surface area contributed by atoms with Gasteiger partial charge in [-0.2, -0.15) is 0 Å². The first kappa shape index (κ1) is 23.9. The van der Waals surface area contributed by atoms with Gasteiger partial charge in [0.15, 0.2) is 8.32 Å². The predicted molar refractivity (Wildman–Crippen MR) is 123 cm³/mol. The summed E-state index contributed by atoms with van der Waals surface area (Å²) in [7, 11) is -1.95. The zero-order valence-corrected chi connectivity index (χ0v) is 20.5. The Hall–Kier alpha value is -1.40. The minimum absolute atomic E-state index is 0.0962. The molecule has 0 saturated carbocycles. The lowest BCUT2D eigenvalue weighted by Crippen LogP contribution is -2.47. The molecule has 0 radical (unpaired) electrons. The van der Waals surface area contributed by atoms with Crippen molar-refractivity contribution in [2.24, 2.45) is 0 Å². The largest absolute Gasteiger partial charge is 0.412 e. The number of nitrogens with zero attached hydrogens (tertiary/aromatic N) is 2. The van der Waals surface area contributed by atoms with Gasteiger partial charge in [0, 0.05) is 13.1 Å². The monoisotopic (exact) mass is 452 g/mol. The molecule has 1 heterocycles. The number of aromatic nitrogens is 1. The number of carbonyl (C=O) groups excluding carboxylic acids is 1. The van der Waals surface area contributed by atoms with E-state index < -0.39 is 8.32 Å². The van der Waals surface area contributed by atoms with Crippen LogP contribution in [-0.2, 0) is 11.0 Å². The smallest absolute Gasteiger partial charge is 0.257 e. The summed E-state index contributed by atoms with van der Waals surface area (Å²) in [5.74, 6) is -0.186. The van der Waals surface area contributed by atoms with Crippen molar-refractivity contribution in [1.29, 1.82) is 0 Å². The molecule has 1 aromatic heterocycles. The number of amides is 1. The molecular weight excluding hydrogens is 423 g/mol. The van der Waals surface area contributed by atoms with Gasteiger partial charge in [0.2, 0.25) is 0 Å². The summed E-state index contributed by atoms with van der Waals surface area (Å²) >= 11 is 12.1. The minimum atomic E-state index is -1.95. The SMILES string of the molecule is C[C@@H](CN(Cc1ccccc1)C(=O)c1ccc(Cl)nc1Cl)O[Si](C)(C)C(C)(C)C. The van der Waals surface area contributed by atoms with E-state index >= 15 is 0 Å². The lowest BCUT2D eigenvalue weighted by Gasteiger charge is -2.39. The highest BCUT2D eigenvalue weighted by Gasteiger charge is 2.38. The highest BCUT2D eigenvalue weighted by molar-refractivity contribution is 6.74. The molecule has 0 saturated heterocycles. The first-order chi connectivity index (χ1) is 13.4. The van der Waals surface area contributed by atoms with Crippen molar-refractivity contribution in [1.82, 2.24) is 9.88 Å². The molecule has 1 aromatic carbocycles. The van der Waals surface area contributed by atoms with Crippen LogP contribution >= 0.6 is 23.2 Å². The van der Waals surface area contributed by atoms with Crippen LogP contribution in [0.1, 0.15) is 43.6 Å². The molecule has 158 valence electrons. The topological polar surface area (TPSA) is 42.4 Å². The Morgan fingerprint density at radius 2 is 1.76 bits per heavy atom. The van der Waals surface area contributed by atoms with Gasteiger partial charge in [0.05, 0.1) is 11.7 Å². The van der Waals surface area contributed by atoms with Crippen LogP contribution in [0.2, 0.25) is 28.4 Å². The third-order valence-electron chi connectivity index (χ3n) is 5.33. The molecule has 1 atom stereocenters. The highest BCUT2D eigenvalue weighted by atomic mass is 35.5. The summed E-state index contributed by atoms with van der Waals surface area (Å²) in [5.41, 5.74) is 1.38. The number of halogens is 2. The summed E-state index contributed by atoms with van der Waals surface area (Å²) < 4.78 is 6.48. The molecule has 0 aliphatic heterocycles. The lowest BCUT2D eigenvalue weighted by atomic mass is 10.1. The Labute approximate surface area is 185 Å². The van der Waals surface area contributed by atoms with E-state index in [1.165, 1.54) is 0 Å². The number of rotatable bonds is 7. The third-order valence-corrected chi connectivity index (χ3v) is 10.4. The van der Waals surface area contributed by atoms with E-state index in [1.807, 2.05) is 37.3 Å². The van der Waals surface area contributed by atoms with Crippen molar-refractivity contribution in [3.8, 4) is 0 Å². The summed E-state index contributed by atoms with van der Waals surface area (Å²) in [4.78, 5) is 19.1. The first-order valence-corrected chi connectivity index (χ1v) is 13.4. The molecule has 0 fully saturated rings. The Bertz CT molecular complexity index is 838. The Balaban J connectivity index is 2.26. The van der Waals surface area contributed by atoms with E-state index in [2.05, 4.69) is 38.8 Å². The molecule has 2 rings (SSSR count). The van der Waals surface area contributed by atoms with Gasteiger partial charge in [0.25, 0.3) is 5.91 Å². The van der Waals surface area contributed by atoms with Crippen molar-refractivity contribution >= 4 is 37.4 Å². The minimum Gasteiger partial charge on any atom is -0.412 e. The van der Waals surface area contributed by atoms with Crippen LogP contribution in [0, 0.1) is 0 Å². The van der Waals surface area contributed by atoms with Crippen molar-refractivity contribution < 1.29 is 9.22 Å². The normalized spacial score (nSPS) is 13.2. The van der Waals surface area contributed by atoms with Crippen LogP contribution in [0.3, 0.4) is 0 Å². The molecule has 0 aliphatic carbocycles. The number of hydrogen-bond acceptors (Lipinski definition) is 3. The zero-order chi connectivity index (χ0) is 21.8. The van der Waals surface area contributed by atoms with Crippen molar-refractivity contribution in [2.45, 2.75) is 58.5 Å². The molecule has 4 nitrogen and oxygen atoms in total. The molecule has 0 N–H and O–H groups in total. The maximum atomic E-state index is 13.3. The van der Waals surface area contributed by atoms with Gasteiger partial charge in [-0.25, -0.2) is 4.98 Å².